The van der Waals surface area contributed by atoms with Crippen molar-refractivity contribution in [2.75, 3.05) is 6.54 Å². The molecule has 6 nitrogen and oxygen atoms in total. The molecule has 0 fully saturated rings. The van der Waals surface area contributed by atoms with Crippen LogP contribution >= 0.6 is 0 Å². The first-order valence-corrected chi connectivity index (χ1v) is 9.54. The molecule has 0 aliphatic rings. The zero-order chi connectivity index (χ0) is 20.2. The van der Waals surface area contributed by atoms with E-state index in [1.807, 2.05) is 67.6 Å². The normalized spacial score (nSPS) is 12.8. The molecule has 0 saturated carbocycles. The summed E-state index contributed by atoms with van der Waals surface area (Å²) in [4.78, 5) is 23.2. The summed E-state index contributed by atoms with van der Waals surface area (Å²) < 4.78 is 5.14. The van der Waals surface area contributed by atoms with E-state index >= 15 is 0 Å². The van der Waals surface area contributed by atoms with E-state index in [9.17, 15) is 14.7 Å². The van der Waals surface area contributed by atoms with Crippen LogP contribution in [-0.2, 0) is 16.1 Å². The second-order valence-corrected chi connectivity index (χ2v) is 6.67. The molecule has 0 spiro atoms. The number of amides is 1. The Balaban J connectivity index is 1.63. The maximum absolute atomic E-state index is 11.7. The van der Waals surface area contributed by atoms with Crippen molar-refractivity contribution in [3.63, 3.8) is 0 Å². The molecule has 2 aromatic rings. The molecule has 3 N–H and O–H groups in total. The lowest BCUT2D eigenvalue weighted by molar-refractivity contribution is -0.139. The van der Waals surface area contributed by atoms with E-state index in [0.717, 1.165) is 11.1 Å². The van der Waals surface area contributed by atoms with Gasteiger partial charge in [0.15, 0.2) is 0 Å². The van der Waals surface area contributed by atoms with Gasteiger partial charge in [-0.05, 0) is 37.3 Å². The van der Waals surface area contributed by atoms with E-state index in [1.165, 1.54) is 0 Å². The van der Waals surface area contributed by atoms with Crippen LogP contribution in [0.1, 0.15) is 43.4 Å². The van der Waals surface area contributed by atoms with Crippen LogP contribution in [0.3, 0.4) is 0 Å². The lowest BCUT2D eigenvalue weighted by Gasteiger charge is -2.20. The van der Waals surface area contributed by atoms with Gasteiger partial charge >= 0.3 is 12.1 Å². The van der Waals surface area contributed by atoms with E-state index in [1.54, 1.807) is 0 Å². The molecule has 6 heteroatoms. The maximum atomic E-state index is 11.7. The SMILES string of the molecule is C[C@H](N[C@@H](CCCCNC(=O)OCc1ccccc1)C(=O)O)c1ccccc1. The molecule has 0 bridgehead atoms. The number of alkyl carbamates (subject to hydrolysis) is 1. The van der Waals surface area contributed by atoms with Gasteiger partial charge in [0.1, 0.15) is 12.6 Å². The molecule has 0 aliphatic heterocycles. The van der Waals surface area contributed by atoms with Crippen molar-refractivity contribution < 1.29 is 19.4 Å². The molecule has 2 atom stereocenters. The van der Waals surface area contributed by atoms with Crippen LogP contribution < -0.4 is 10.6 Å². The van der Waals surface area contributed by atoms with Gasteiger partial charge in [-0.2, -0.15) is 0 Å². The Morgan fingerprint density at radius 3 is 2.29 bits per heavy atom. The second-order valence-electron chi connectivity index (χ2n) is 6.67. The number of rotatable bonds is 11. The Kier molecular flexibility index (Phi) is 9.01. The molecule has 2 aromatic carbocycles. The highest BCUT2D eigenvalue weighted by molar-refractivity contribution is 5.73. The fourth-order valence-electron chi connectivity index (χ4n) is 2.86. The van der Waals surface area contributed by atoms with Crippen molar-refractivity contribution in [1.29, 1.82) is 0 Å². The summed E-state index contributed by atoms with van der Waals surface area (Å²) in [5.74, 6) is -0.863. The third-order valence-corrected chi connectivity index (χ3v) is 4.45. The summed E-state index contributed by atoms with van der Waals surface area (Å²) >= 11 is 0. The van der Waals surface area contributed by atoms with Crippen LogP contribution in [0.25, 0.3) is 0 Å². The van der Waals surface area contributed by atoms with Gasteiger partial charge in [0.25, 0.3) is 0 Å². The number of carboxylic acids is 1. The fourth-order valence-corrected chi connectivity index (χ4v) is 2.86. The minimum atomic E-state index is -0.863. The number of hydrogen-bond donors (Lipinski definition) is 3. The molecule has 2 rings (SSSR count). The van der Waals surface area contributed by atoms with Crippen molar-refractivity contribution in [2.45, 2.75) is 44.9 Å². The summed E-state index contributed by atoms with van der Waals surface area (Å²) in [6.07, 6.45) is 1.40. The number of ether oxygens (including phenoxy) is 1. The number of benzene rings is 2. The maximum Gasteiger partial charge on any atom is 0.407 e. The van der Waals surface area contributed by atoms with E-state index in [-0.39, 0.29) is 12.6 Å². The number of aliphatic carboxylic acids is 1. The predicted molar refractivity (Wildman–Crippen MR) is 108 cm³/mol. The Morgan fingerprint density at radius 2 is 1.64 bits per heavy atom. The summed E-state index contributed by atoms with van der Waals surface area (Å²) in [6.45, 7) is 2.64. The summed E-state index contributed by atoms with van der Waals surface area (Å²) in [5.41, 5.74) is 1.98. The number of carbonyl (C=O) groups excluding carboxylic acids is 1. The van der Waals surface area contributed by atoms with Crippen molar-refractivity contribution in [3.8, 4) is 0 Å². The summed E-state index contributed by atoms with van der Waals surface area (Å²) in [7, 11) is 0. The average molecular weight is 384 g/mol. The van der Waals surface area contributed by atoms with Gasteiger partial charge in [0.2, 0.25) is 0 Å². The molecule has 150 valence electrons. The van der Waals surface area contributed by atoms with Gasteiger partial charge in [0.05, 0.1) is 0 Å². The van der Waals surface area contributed by atoms with Crippen molar-refractivity contribution in [2.24, 2.45) is 0 Å². The number of unbranched alkanes of at least 4 members (excludes halogenated alkanes) is 1. The largest absolute Gasteiger partial charge is 0.480 e. The average Bonchev–Trinajstić information content (AvgIpc) is 2.72. The van der Waals surface area contributed by atoms with Crippen LogP contribution in [0.15, 0.2) is 60.7 Å². The molecule has 0 heterocycles. The van der Waals surface area contributed by atoms with Gasteiger partial charge in [-0.15, -0.1) is 0 Å². The molecular formula is C22H28N2O4. The molecular weight excluding hydrogens is 356 g/mol. The first kappa shape index (κ1) is 21.4. The number of nitrogens with one attached hydrogen (secondary N) is 2. The summed E-state index contributed by atoms with van der Waals surface area (Å²) in [6, 6.07) is 18.6. The molecule has 0 aromatic heterocycles. The Bertz CT molecular complexity index is 722. The monoisotopic (exact) mass is 384 g/mol. The molecule has 0 radical (unpaired) electrons. The van der Waals surface area contributed by atoms with Crippen LogP contribution in [0.4, 0.5) is 4.79 Å². The molecule has 28 heavy (non-hydrogen) atoms. The Labute approximate surface area is 165 Å². The second kappa shape index (κ2) is 11.8. The summed E-state index contributed by atoms with van der Waals surface area (Å²) in [5, 5.41) is 15.3. The van der Waals surface area contributed by atoms with Gasteiger partial charge < -0.3 is 15.2 Å². The Morgan fingerprint density at radius 1 is 1.00 bits per heavy atom. The minimum absolute atomic E-state index is 0.0478. The highest BCUT2D eigenvalue weighted by Crippen LogP contribution is 2.14. The van der Waals surface area contributed by atoms with Crippen molar-refractivity contribution in [1.82, 2.24) is 10.6 Å². The van der Waals surface area contributed by atoms with Crippen LogP contribution in [0, 0.1) is 0 Å². The number of carboxylic acid groups (broad SMARTS) is 1. The lowest BCUT2D eigenvalue weighted by atomic mass is 10.0. The van der Waals surface area contributed by atoms with Gasteiger partial charge in [-0.25, -0.2) is 4.79 Å². The van der Waals surface area contributed by atoms with E-state index < -0.39 is 18.1 Å². The zero-order valence-corrected chi connectivity index (χ0v) is 16.1. The fraction of sp³-hybridized carbons (Fsp3) is 0.364. The van der Waals surface area contributed by atoms with Crippen LogP contribution in [-0.4, -0.2) is 29.8 Å². The van der Waals surface area contributed by atoms with E-state index in [4.69, 9.17) is 4.74 Å². The van der Waals surface area contributed by atoms with E-state index in [2.05, 4.69) is 10.6 Å². The first-order valence-electron chi connectivity index (χ1n) is 9.54. The van der Waals surface area contributed by atoms with Crippen molar-refractivity contribution >= 4 is 12.1 Å². The molecule has 0 unspecified atom stereocenters. The first-order chi connectivity index (χ1) is 13.6. The third kappa shape index (κ3) is 7.80. The smallest absolute Gasteiger partial charge is 0.407 e. The predicted octanol–water partition coefficient (Wildman–Crippen LogP) is 3.89. The molecule has 0 aliphatic carbocycles. The van der Waals surface area contributed by atoms with Gasteiger partial charge in [-0.1, -0.05) is 60.7 Å². The molecule has 0 saturated heterocycles. The number of hydrogen-bond acceptors (Lipinski definition) is 4. The third-order valence-electron chi connectivity index (χ3n) is 4.45. The van der Waals surface area contributed by atoms with Gasteiger partial charge in [0, 0.05) is 12.6 Å². The van der Waals surface area contributed by atoms with E-state index in [0.29, 0.717) is 25.8 Å². The number of carbonyl (C=O) groups is 2. The van der Waals surface area contributed by atoms with Crippen molar-refractivity contribution in [3.05, 3.63) is 71.8 Å². The highest BCUT2D eigenvalue weighted by Gasteiger charge is 2.19. The lowest BCUT2D eigenvalue weighted by Crippen LogP contribution is -2.38. The van der Waals surface area contributed by atoms with Crippen LogP contribution in [0.5, 0.6) is 0 Å². The zero-order valence-electron chi connectivity index (χ0n) is 16.1. The quantitative estimate of drug-likeness (QED) is 0.512. The Hall–Kier alpha value is -2.86. The highest BCUT2D eigenvalue weighted by atomic mass is 16.5. The van der Waals surface area contributed by atoms with Crippen LogP contribution in [0.2, 0.25) is 0 Å². The minimum Gasteiger partial charge on any atom is -0.480 e. The standard InChI is InChI=1S/C22H28N2O4/c1-17(19-12-6-3-7-13-19)24-20(21(25)26)14-8-9-15-23-22(27)28-16-18-10-4-2-5-11-18/h2-7,10-13,17,20,24H,8-9,14-16H2,1H3,(H,23,27)(H,25,26)/t17-,20-/m0/s1. The van der Waals surface area contributed by atoms with Gasteiger partial charge in [-0.3, -0.25) is 10.1 Å². The topological polar surface area (TPSA) is 87.7 Å². The molecule has 1 amide bonds.